The van der Waals surface area contributed by atoms with Crippen LogP contribution in [0.2, 0.25) is 0 Å². The third kappa shape index (κ3) is 2.73. The van der Waals surface area contributed by atoms with Crippen molar-refractivity contribution in [2.45, 2.75) is 6.18 Å². The first-order chi connectivity index (χ1) is 8.89. The van der Waals surface area contributed by atoms with Gasteiger partial charge >= 0.3 is 12.1 Å². The number of carboxylic acids is 1. The van der Waals surface area contributed by atoms with Gasteiger partial charge in [0.25, 0.3) is 0 Å². The molecule has 1 aromatic carbocycles. The molecular weight excluding hydrogens is 259 g/mol. The SMILES string of the molecule is O=C(O)c1ccc(-c2ccccn2)cc1C(F)(F)F. The Hall–Kier alpha value is -2.37. The van der Waals surface area contributed by atoms with Crippen molar-refractivity contribution in [3.05, 3.63) is 53.7 Å². The van der Waals surface area contributed by atoms with Crippen molar-refractivity contribution in [2.24, 2.45) is 0 Å². The van der Waals surface area contributed by atoms with E-state index in [-0.39, 0.29) is 5.56 Å². The third-order valence-electron chi connectivity index (χ3n) is 2.52. The fourth-order valence-electron chi connectivity index (χ4n) is 1.66. The molecule has 0 spiro atoms. The van der Waals surface area contributed by atoms with Gasteiger partial charge in [-0.2, -0.15) is 13.2 Å². The van der Waals surface area contributed by atoms with Crippen LogP contribution in [0, 0.1) is 0 Å². The highest BCUT2D eigenvalue weighted by molar-refractivity contribution is 5.90. The molecule has 1 N–H and O–H groups in total. The Morgan fingerprint density at radius 1 is 1.16 bits per heavy atom. The van der Waals surface area contributed by atoms with Crippen molar-refractivity contribution in [3.63, 3.8) is 0 Å². The van der Waals surface area contributed by atoms with Gasteiger partial charge < -0.3 is 5.11 Å². The molecule has 98 valence electrons. The zero-order valence-corrected chi connectivity index (χ0v) is 9.48. The largest absolute Gasteiger partial charge is 0.478 e. The summed E-state index contributed by atoms with van der Waals surface area (Å²) in [7, 11) is 0. The Morgan fingerprint density at radius 3 is 2.42 bits per heavy atom. The van der Waals surface area contributed by atoms with E-state index < -0.39 is 23.3 Å². The second-order valence-corrected chi connectivity index (χ2v) is 3.78. The van der Waals surface area contributed by atoms with Crippen LogP contribution in [-0.2, 0) is 6.18 Å². The van der Waals surface area contributed by atoms with E-state index in [4.69, 9.17) is 5.11 Å². The van der Waals surface area contributed by atoms with Crippen LogP contribution in [0.15, 0.2) is 42.6 Å². The van der Waals surface area contributed by atoms with Crippen LogP contribution in [0.3, 0.4) is 0 Å². The average Bonchev–Trinajstić information content (AvgIpc) is 2.38. The topological polar surface area (TPSA) is 50.2 Å². The lowest BCUT2D eigenvalue weighted by atomic mass is 10.0. The summed E-state index contributed by atoms with van der Waals surface area (Å²) in [4.78, 5) is 14.7. The van der Waals surface area contributed by atoms with E-state index in [1.807, 2.05) is 0 Å². The first-order valence-corrected chi connectivity index (χ1v) is 5.25. The number of benzene rings is 1. The molecule has 6 heteroatoms. The molecule has 0 bridgehead atoms. The summed E-state index contributed by atoms with van der Waals surface area (Å²) in [5.74, 6) is -1.61. The number of carbonyl (C=O) groups is 1. The Bertz CT molecular complexity index is 609. The van der Waals surface area contributed by atoms with Gasteiger partial charge in [0.15, 0.2) is 0 Å². The molecule has 0 saturated carbocycles. The van der Waals surface area contributed by atoms with Gasteiger partial charge in [0.05, 0.1) is 16.8 Å². The second-order valence-electron chi connectivity index (χ2n) is 3.78. The monoisotopic (exact) mass is 267 g/mol. The third-order valence-corrected chi connectivity index (χ3v) is 2.52. The molecule has 0 aliphatic rings. The summed E-state index contributed by atoms with van der Waals surface area (Å²) < 4.78 is 38.5. The molecule has 0 saturated heterocycles. The minimum atomic E-state index is -4.72. The summed E-state index contributed by atoms with van der Waals surface area (Å²) in [6.07, 6.45) is -3.27. The van der Waals surface area contributed by atoms with E-state index in [0.717, 1.165) is 12.1 Å². The van der Waals surface area contributed by atoms with Crippen molar-refractivity contribution >= 4 is 5.97 Å². The van der Waals surface area contributed by atoms with Crippen molar-refractivity contribution in [2.75, 3.05) is 0 Å². The van der Waals surface area contributed by atoms with Gasteiger partial charge in [-0.25, -0.2) is 4.79 Å². The molecule has 0 atom stereocenters. The minimum absolute atomic E-state index is 0.220. The molecule has 0 unspecified atom stereocenters. The van der Waals surface area contributed by atoms with Gasteiger partial charge in [0.1, 0.15) is 0 Å². The Balaban J connectivity index is 2.60. The summed E-state index contributed by atoms with van der Waals surface area (Å²) >= 11 is 0. The number of halogens is 3. The lowest BCUT2D eigenvalue weighted by Gasteiger charge is -2.11. The first-order valence-electron chi connectivity index (χ1n) is 5.25. The summed E-state index contributed by atoms with van der Waals surface area (Å²) in [6.45, 7) is 0. The van der Waals surface area contributed by atoms with Crippen molar-refractivity contribution in [1.29, 1.82) is 0 Å². The number of hydrogen-bond donors (Lipinski definition) is 1. The Kier molecular flexibility index (Phi) is 3.25. The number of pyridine rings is 1. The molecule has 1 heterocycles. The fourth-order valence-corrected chi connectivity index (χ4v) is 1.66. The number of aromatic nitrogens is 1. The number of nitrogens with zero attached hydrogens (tertiary/aromatic N) is 1. The van der Waals surface area contributed by atoms with E-state index in [0.29, 0.717) is 5.69 Å². The van der Waals surface area contributed by atoms with E-state index in [1.54, 1.807) is 18.2 Å². The van der Waals surface area contributed by atoms with E-state index in [2.05, 4.69) is 4.98 Å². The number of aromatic carboxylic acids is 1. The highest BCUT2D eigenvalue weighted by Gasteiger charge is 2.35. The molecule has 0 radical (unpaired) electrons. The van der Waals surface area contributed by atoms with Gasteiger partial charge in [0, 0.05) is 11.8 Å². The van der Waals surface area contributed by atoms with Crippen molar-refractivity contribution in [3.8, 4) is 11.3 Å². The van der Waals surface area contributed by atoms with Crippen molar-refractivity contribution in [1.82, 2.24) is 4.98 Å². The van der Waals surface area contributed by atoms with Crippen molar-refractivity contribution < 1.29 is 23.1 Å². The van der Waals surface area contributed by atoms with Gasteiger partial charge in [-0.3, -0.25) is 4.98 Å². The number of alkyl halides is 3. The Morgan fingerprint density at radius 2 is 1.89 bits per heavy atom. The van der Waals surface area contributed by atoms with Crippen LogP contribution in [-0.4, -0.2) is 16.1 Å². The molecule has 0 amide bonds. The predicted molar refractivity (Wildman–Crippen MR) is 61.6 cm³/mol. The number of carboxylic acid groups (broad SMARTS) is 1. The zero-order chi connectivity index (χ0) is 14.0. The average molecular weight is 267 g/mol. The summed E-state index contributed by atoms with van der Waals surface area (Å²) in [5, 5.41) is 8.77. The smallest absolute Gasteiger partial charge is 0.417 e. The number of rotatable bonds is 2. The maximum atomic E-state index is 12.8. The van der Waals surface area contributed by atoms with Crippen LogP contribution >= 0.6 is 0 Å². The summed E-state index contributed by atoms with van der Waals surface area (Å²) in [6, 6.07) is 7.87. The lowest BCUT2D eigenvalue weighted by molar-refractivity contribution is -0.138. The quantitative estimate of drug-likeness (QED) is 0.906. The number of hydrogen-bond acceptors (Lipinski definition) is 2. The standard InChI is InChI=1S/C13H8F3NO2/c14-13(15,16)10-7-8(4-5-9(10)12(18)19)11-3-1-2-6-17-11/h1-7H,(H,18,19). The summed E-state index contributed by atoms with van der Waals surface area (Å²) in [5.41, 5.74) is -1.38. The lowest BCUT2D eigenvalue weighted by Crippen LogP contribution is -2.13. The van der Waals surface area contributed by atoms with Gasteiger partial charge in [-0.15, -0.1) is 0 Å². The molecule has 2 rings (SSSR count). The molecule has 1 aromatic heterocycles. The molecule has 19 heavy (non-hydrogen) atoms. The zero-order valence-electron chi connectivity index (χ0n) is 9.48. The Labute approximate surface area is 106 Å². The van der Waals surface area contributed by atoms with Crippen LogP contribution in [0.5, 0.6) is 0 Å². The molecular formula is C13H8F3NO2. The van der Waals surface area contributed by atoms with Crippen LogP contribution < -0.4 is 0 Å². The van der Waals surface area contributed by atoms with Crippen LogP contribution in [0.4, 0.5) is 13.2 Å². The van der Waals surface area contributed by atoms with Gasteiger partial charge in [-0.1, -0.05) is 12.1 Å². The minimum Gasteiger partial charge on any atom is -0.478 e. The second kappa shape index (κ2) is 4.72. The molecule has 0 fully saturated rings. The highest BCUT2D eigenvalue weighted by Crippen LogP contribution is 2.34. The molecule has 0 aliphatic carbocycles. The van der Waals surface area contributed by atoms with E-state index >= 15 is 0 Å². The highest BCUT2D eigenvalue weighted by atomic mass is 19.4. The van der Waals surface area contributed by atoms with Crippen LogP contribution in [0.1, 0.15) is 15.9 Å². The maximum Gasteiger partial charge on any atom is 0.417 e. The maximum absolute atomic E-state index is 12.8. The van der Waals surface area contributed by atoms with E-state index in [1.165, 1.54) is 12.3 Å². The van der Waals surface area contributed by atoms with Crippen LogP contribution in [0.25, 0.3) is 11.3 Å². The molecule has 0 aliphatic heterocycles. The van der Waals surface area contributed by atoms with Gasteiger partial charge in [-0.05, 0) is 24.3 Å². The first kappa shape index (κ1) is 13.1. The molecule has 2 aromatic rings. The van der Waals surface area contributed by atoms with E-state index in [9.17, 15) is 18.0 Å². The molecule has 3 nitrogen and oxygen atoms in total. The fraction of sp³-hybridized carbons (Fsp3) is 0.0769. The van der Waals surface area contributed by atoms with Gasteiger partial charge in [0.2, 0.25) is 0 Å². The normalized spacial score (nSPS) is 11.3. The predicted octanol–water partition coefficient (Wildman–Crippen LogP) is 3.47.